The Morgan fingerprint density at radius 1 is 1.47 bits per heavy atom. The molecule has 0 aromatic rings. The van der Waals surface area contributed by atoms with Crippen molar-refractivity contribution in [3.63, 3.8) is 0 Å². The fourth-order valence-electron chi connectivity index (χ4n) is 2.00. The second-order valence-electron chi connectivity index (χ2n) is 4.29. The first-order chi connectivity index (χ1) is 7.94. The number of carbonyl (C=O) groups excluding carboxylic acids is 1. The molecule has 1 aliphatic heterocycles. The number of rotatable bonds is 5. The van der Waals surface area contributed by atoms with Crippen LogP contribution < -0.4 is 4.72 Å². The van der Waals surface area contributed by atoms with Gasteiger partial charge in [-0.25, -0.2) is 13.1 Å². The molecule has 1 N–H and O–H groups in total. The number of hydrogen-bond donors (Lipinski definition) is 1. The third-order valence-electron chi connectivity index (χ3n) is 2.80. The van der Waals surface area contributed by atoms with E-state index >= 15 is 0 Å². The summed E-state index contributed by atoms with van der Waals surface area (Å²) in [7, 11) is -1.73. The average molecular weight is 264 g/mol. The summed E-state index contributed by atoms with van der Waals surface area (Å²) in [5.41, 5.74) is 0. The molecule has 0 aliphatic carbocycles. The summed E-state index contributed by atoms with van der Waals surface area (Å²) in [6.45, 7) is 1.02. The quantitative estimate of drug-likeness (QED) is 0.730. The van der Waals surface area contributed by atoms with E-state index in [1.54, 1.807) is 4.90 Å². The molecule has 1 unspecified atom stereocenters. The highest BCUT2D eigenvalue weighted by Crippen LogP contribution is 2.16. The highest BCUT2D eigenvalue weighted by atomic mass is 32.2. The molecule has 1 atom stereocenters. The second-order valence-corrected chi connectivity index (χ2v) is 6.12. The zero-order chi connectivity index (χ0) is 12.9. The molecular formula is C10H20N2O4S. The van der Waals surface area contributed by atoms with E-state index in [4.69, 9.17) is 4.74 Å². The van der Waals surface area contributed by atoms with E-state index in [0.717, 1.165) is 25.5 Å². The van der Waals surface area contributed by atoms with Crippen LogP contribution in [-0.2, 0) is 19.6 Å². The van der Waals surface area contributed by atoms with Gasteiger partial charge in [0.05, 0.1) is 6.26 Å². The second kappa shape index (κ2) is 6.32. The lowest BCUT2D eigenvalue weighted by atomic mass is 10.0. The molecule has 1 saturated heterocycles. The van der Waals surface area contributed by atoms with Gasteiger partial charge in [-0.3, -0.25) is 4.79 Å². The van der Waals surface area contributed by atoms with E-state index in [1.165, 1.54) is 7.11 Å². The molecule has 1 rings (SSSR count). The third-order valence-corrected chi connectivity index (χ3v) is 3.49. The van der Waals surface area contributed by atoms with Crippen LogP contribution >= 0.6 is 0 Å². The topological polar surface area (TPSA) is 75.7 Å². The van der Waals surface area contributed by atoms with Crippen molar-refractivity contribution in [3.8, 4) is 0 Å². The summed E-state index contributed by atoms with van der Waals surface area (Å²) in [5.74, 6) is -0.0764. The van der Waals surface area contributed by atoms with Crippen LogP contribution in [0.2, 0.25) is 0 Å². The smallest absolute Gasteiger partial charge is 0.248 e. The number of nitrogens with one attached hydrogen (secondary N) is 1. The van der Waals surface area contributed by atoms with Gasteiger partial charge in [-0.2, -0.15) is 0 Å². The first-order valence-corrected chi connectivity index (χ1v) is 7.56. The van der Waals surface area contributed by atoms with E-state index in [1.807, 2.05) is 0 Å². The molecule has 7 heteroatoms. The Morgan fingerprint density at radius 2 is 2.18 bits per heavy atom. The van der Waals surface area contributed by atoms with Gasteiger partial charge >= 0.3 is 0 Å². The Kier molecular flexibility index (Phi) is 5.35. The van der Waals surface area contributed by atoms with E-state index in [-0.39, 0.29) is 25.1 Å². The molecule has 0 spiro atoms. The summed E-state index contributed by atoms with van der Waals surface area (Å²) in [6, 6.07) is -0.0545. The first-order valence-electron chi connectivity index (χ1n) is 5.67. The number of piperidine rings is 1. The van der Waals surface area contributed by atoms with Gasteiger partial charge in [0.2, 0.25) is 15.9 Å². The number of sulfonamides is 1. The molecule has 1 amide bonds. The minimum Gasteiger partial charge on any atom is -0.375 e. The van der Waals surface area contributed by atoms with E-state index in [0.29, 0.717) is 6.54 Å². The van der Waals surface area contributed by atoms with Crippen LogP contribution in [0.1, 0.15) is 19.3 Å². The molecule has 6 nitrogen and oxygen atoms in total. The zero-order valence-corrected chi connectivity index (χ0v) is 11.1. The SMILES string of the molecule is COCC(=O)N1CCCCC1CNS(C)(=O)=O. The number of nitrogens with zero attached hydrogens (tertiary/aromatic N) is 1. The van der Waals surface area contributed by atoms with Gasteiger partial charge in [0.15, 0.2) is 0 Å². The van der Waals surface area contributed by atoms with Crippen molar-refractivity contribution >= 4 is 15.9 Å². The lowest BCUT2D eigenvalue weighted by Gasteiger charge is -2.35. The van der Waals surface area contributed by atoms with Crippen molar-refractivity contribution in [1.29, 1.82) is 0 Å². The predicted octanol–water partition coefficient (Wildman–Crippen LogP) is -0.437. The highest BCUT2D eigenvalue weighted by molar-refractivity contribution is 7.88. The standard InChI is InChI=1S/C10H20N2O4S/c1-16-8-10(13)12-6-4-3-5-9(12)7-11-17(2,14)15/h9,11H,3-8H2,1-2H3. The number of amides is 1. The van der Waals surface area contributed by atoms with Crippen molar-refractivity contribution in [2.75, 3.05) is 33.1 Å². The van der Waals surface area contributed by atoms with E-state index in [9.17, 15) is 13.2 Å². The minimum absolute atomic E-state index is 0.0510. The molecule has 0 aromatic carbocycles. The van der Waals surface area contributed by atoms with Gasteiger partial charge in [0, 0.05) is 26.2 Å². The summed E-state index contributed by atoms with van der Waals surface area (Å²) in [6.07, 6.45) is 3.94. The van der Waals surface area contributed by atoms with Crippen LogP contribution in [0.25, 0.3) is 0 Å². The number of ether oxygens (including phenoxy) is 1. The molecule has 1 heterocycles. The van der Waals surface area contributed by atoms with Crippen molar-refractivity contribution in [3.05, 3.63) is 0 Å². The molecule has 0 saturated carbocycles. The van der Waals surface area contributed by atoms with Gasteiger partial charge in [0.25, 0.3) is 0 Å². The first kappa shape index (κ1) is 14.4. The van der Waals surface area contributed by atoms with Crippen LogP contribution in [0.3, 0.4) is 0 Å². The summed E-state index contributed by atoms with van der Waals surface area (Å²) >= 11 is 0. The van der Waals surface area contributed by atoms with Crippen molar-refractivity contribution in [2.45, 2.75) is 25.3 Å². The number of hydrogen-bond acceptors (Lipinski definition) is 4. The molecule has 17 heavy (non-hydrogen) atoms. The Morgan fingerprint density at radius 3 is 2.76 bits per heavy atom. The van der Waals surface area contributed by atoms with E-state index in [2.05, 4.69) is 4.72 Å². The van der Waals surface area contributed by atoms with Gasteiger partial charge in [-0.15, -0.1) is 0 Å². The summed E-state index contributed by atoms with van der Waals surface area (Å²) < 4.78 is 29.4. The monoisotopic (exact) mass is 264 g/mol. The van der Waals surface area contributed by atoms with Crippen molar-refractivity contribution < 1.29 is 17.9 Å². The zero-order valence-electron chi connectivity index (χ0n) is 10.3. The lowest BCUT2D eigenvalue weighted by molar-refractivity contribution is -0.138. The summed E-state index contributed by atoms with van der Waals surface area (Å²) in [5, 5.41) is 0. The average Bonchev–Trinajstić information content (AvgIpc) is 2.26. The molecule has 1 aliphatic rings. The molecular weight excluding hydrogens is 244 g/mol. The number of methoxy groups -OCH3 is 1. The molecule has 100 valence electrons. The van der Waals surface area contributed by atoms with Crippen LogP contribution in [0.15, 0.2) is 0 Å². The Balaban J connectivity index is 2.56. The van der Waals surface area contributed by atoms with Gasteiger partial charge in [-0.1, -0.05) is 0 Å². The molecule has 0 radical (unpaired) electrons. The maximum absolute atomic E-state index is 11.8. The third kappa shape index (κ3) is 5.01. The fraction of sp³-hybridized carbons (Fsp3) is 0.900. The van der Waals surface area contributed by atoms with Crippen LogP contribution in [0.5, 0.6) is 0 Å². The van der Waals surface area contributed by atoms with Crippen LogP contribution in [-0.4, -0.2) is 58.3 Å². The minimum atomic E-state index is -3.20. The molecule has 0 aromatic heterocycles. The largest absolute Gasteiger partial charge is 0.375 e. The van der Waals surface area contributed by atoms with E-state index < -0.39 is 10.0 Å². The maximum atomic E-state index is 11.8. The number of carbonyl (C=O) groups is 1. The normalized spacial score (nSPS) is 21.5. The highest BCUT2D eigenvalue weighted by Gasteiger charge is 2.26. The van der Waals surface area contributed by atoms with Crippen molar-refractivity contribution in [2.24, 2.45) is 0 Å². The van der Waals surface area contributed by atoms with Crippen molar-refractivity contribution in [1.82, 2.24) is 9.62 Å². The fourth-order valence-corrected chi connectivity index (χ4v) is 2.49. The van der Waals surface area contributed by atoms with Crippen LogP contribution in [0.4, 0.5) is 0 Å². The van der Waals surface area contributed by atoms with Gasteiger partial charge in [0.1, 0.15) is 6.61 Å². The molecule has 1 fully saturated rings. The van der Waals surface area contributed by atoms with Gasteiger partial charge in [-0.05, 0) is 19.3 Å². The Hall–Kier alpha value is -0.660. The lowest BCUT2D eigenvalue weighted by Crippen LogP contribution is -2.50. The Labute approximate surface area is 102 Å². The summed E-state index contributed by atoms with van der Waals surface area (Å²) in [4.78, 5) is 13.5. The Bertz CT molecular complexity index is 355. The van der Waals surface area contributed by atoms with Crippen LogP contribution in [0, 0.1) is 0 Å². The molecule has 0 bridgehead atoms. The maximum Gasteiger partial charge on any atom is 0.248 e. The predicted molar refractivity (Wildman–Crippen MR) is 64.1 cm³/mol. The number of likely N-dealkylation sites (tertiary alicyclic amines) is 1. The van der Waals surface area contributed by atoms with Gasteiger partial charge < -0.3 is 9.64 Å².